The first-order valence-electron chi connectivity index (χ1n) is 7.59. The predicted octanol–water partition coefficient (Wildman–Crippen LogP) is 5.53. The standard InChI is InChI=1S/C18H27NOS/c1-17(2,3)10-12-7-8-19-15(12)14-9-13(21-16(14)20)11-18(4,5)6/h7-9,15,20H,10-11H2,1-6H3. The zero-order valence-corrected chi connectivity index (χ0v) is 14.8. The van der Waals surface area contributed by atoms with Crippen LogP contribution in [-0.2, 0) is 6.42 Å². The third-order valence-electron chi connectivity index (χ3n) is 3.40. The van der Waals surface area contributed by atoms with Gasteiger partial charge in [-0.25, -0.2) is 0 Å². The molecule has 1 unspecified atom stereocenters. The lowest BCUT2D eigenvalue weighted by atomic mass is 9.84. The molecule has 0 saturated heterocycles. The summed E-state index contributed by atoms with van der Waals surface area (Å²) in [4.78, 5) is 5.81. The normalized spacial score (nSPS) is 19.1. The monoisotopic (exact) mass is 305 g/mol. The van der Waals surface area contributed by atoms with E-state index in [4.69, 9.17) is 0 Å². The van der Waals surface area contributed by atoms with E-state index in [1.165, 1.54) is 21.8 Å². The molecule has 1 atom stereocenters. The molecule has 116 valence electrons. The number of nitrogens with zero attached hydrogens (tertiary/aromatic N) is 1. The molecule has 0 bridgehead atoms. The van der Waals surface area contributed by atoms with Gasteiger partial charge in [-0.15, -0.1) is 11.3 Å². The van der Waals surface area contributed by atoms with Crippen LogP contribution >= 0.6 is 11.3 Å². The Morgan fingerprint density at radius 3 is 2.29 bits per heavy atom. The second-order valence-electron chi connectivity index (χ2n) is 8.39. The summed E-state index contributed by atoms with van der Waals surface area (Å²) in [7, 11) is 0. The largest absolute Gasteiger partial charge is 0.499 e. The Kier molecular flexibility index (Phi) is 4.34. The maximum atomic E-state index is 10.3. The molecule has 2 heterocycles. The van der Waals surface area contributed by atoms with Gasteiger partial charge in [0.1, 0.15) is 6.04 Å². The van der Waals surface area contributed by atoms with Gasteiger partial charge in [-0.3, -0.25) is 4.99 Å². The lowest BCUT2D eigenvalue weighted by Gasteiger charge is -2.22. The quantitative estimate of drug-likeness (QED) is 0.782. The van der Waals surface area contributed by atoms with Crippen molar-refractivity contribution in [2.45, 2.75) is 60.4 Å². The summed E-state index contributed by atoms with van der Waals surface area (Å²) in [6.45, 7) is 13.4. The highest BCUT2D eigenvalue weighted by molar-refractivity contribution is 7.13. The van der Waals surface area contributed by atoms with E-state index >= 15 is 0 Å². The van der Waals surface area contributed by atoms with Gasteiger partial charge in [0.25, 0.3) is 0 Å². The average molecular weight is 305 g/mol. The molecular weight excluding hydrogens is 278 g/mol. The van der Waals surface area contributed by atoms with E-state index in [2.05, 4.69) is 58.7 Å². The summed E-state index contributed by atoms with van der Waals surface area (Å²) in [5.74, 6) is 0. The van der Waals surface area contributed by atoms with E-state index in [1.54, 1.807) is 0 Å². The fourth-order valence-corrected chi connectivity index (χ4v) is 3.94. The summed E-state index contributed by atoms with van der Waals surface area (Å²) in [6, 6.07) is 2.16. The van der Waals surface area contributed by atoms with E-state index in [0.29, 0.717) is 5.06 Å². The summed E-state index contributed by atoms with van der Waals surface area (Å²) in [5.41, 5.74) is 2.75. The number of aliphatic imine (C=N–C) groups is 1. The van der Waals surface area contributed by atoms with Crippen molar-refractivity contribution in [3.8, 4) is 5.06 Å². The number of allylic oxidation sites excluding steroid dienone is 1. The van der Waals surface area contributed by atoms with Crippen LogP contribution in [0.4, 0.5) is 0 Å². The molecule has 1 N–H and O–H groups in total. The smallest absolute Gasteiger partial charge is 0.177 e. The Hall–Kier alpha value is -1.09. The van der Waals surface area contributed by atoms with Gasteiger partial charge in [-0.1, -0.05) is 41.5 Å². The van der Waals surface area contributed by atoms with Crippen LogP contribution in [0.2, 0.25) is 0 Å². The maximum Gasteiger partial charge on any atom is 0.177 e. The predicted molar refractivity (Wildman–Crippen MR) is 92.5 cm³/mol. The Morgan fingerprint density at radius 1 is 1.10 bits per heavy atom. The Labute approximate surface area is 132 Å². The molecular formula is C18H27NOS. The first-order valence-corrected chi connectivity index (χ1v) is 8.41. The van der Waals surface area contributed by atoms with Gasteiger partial charge in [0, 0.05) is 16.7 Å². The van der Waals surface area contributed by atoms with Crippen molar-refractivity contribution in [1.82, 2.24) is 0 Å². The topological polar surface area (TPSA) is 32.6 Å². The van der Waals surface area contributed by atoms with Gasteiger partial charge in [0.2, 0.25) is 0 Å². The summed E-state index contributed by atoms with van der Waals surface area (Å²) >= 11 is 1.50. The fourth-order valence-electron chi connectivity index (χ4n) is 2.71. The molecule has 0 saturated carbocycles. The molecule has 2 nitrogen and oxygen atoms in total. The summed E-state index contributed by atoms with van der Waals surface area (Å²) in [5, 5.41) is 10.8. The minimum atomic E-state index is 0.00851. The molecule has 0 aliphatic carbocycles. The van der Waals surface area contributed by atoms with Gasteiger partial charge in [-0.05, 0) is 41.4 Å². The molecule has 3 heteroatoms. The van der Waals surface area contributed by atoms with Crippen LogP contribution in [0.1, 0.15) is 64.4 Å². The van der Waals surface area contributed by atoms with Crippen LogP contribution in [0.15, 0.2) is 22.7 Å². The first-order chi connectivity index (χ1) is 9.55. The minimum Gasteiger partial charge on any atom is -0.499 e. The highest BCUT2D eigenvalue weighted by Gasteiger charge is 2.27. The second-order valence-corrected chi connectivity index (χ2v) is 9.51. The molecule has 2 rings (SSSR count). The zero-order valence-electron chi connectivity index (χ0n) is 14.0. The van der Waals surface area contributed by atoms with Crippen LogP contribution < -0.4 is 0 Å². The summed E-state index contributed by atoms with van der Waals surface area (Å²) < 4.78 is 0. The number of hydrogen-bond acceptors (Lipinski definition) is 3. The van der Waals surface area contributed by atoms with Gasteiger partial charge in [0.05, 0.1) is 0 Å². The Balaban J connectivity index is 2.22. The van der Waals surface area contributed by atoms with Gasteiger partial charge in [0.15, 0.2) is 5.06 Å². The minimum absolute atomic E-state index is 0.00851. The number of rotatable bonds is 3. The van der Waals surface area contributed by atoms with Crippen molar-refractivity contribution in [1.29, 1.82) is 0 Å². The number of aromatic hydroxyl groups is 1. The van der Waals surface area contributed by atoms with Crippen molar-refractivity contribution in [2.24, 2.45) is 15.8 Å². The number of hydrogen-bond donors (Lipinski definition) is 1. The highest BCUT2D eigenvalue weighted by Crippen LogP contribution is 2.44. The van der Waals surface area contributed by atoms with Crippen LogP contribution in [0.25, 0.3) is 0 Å². The lowest BCUT2D eigenvalue weighted by molar-refractivity contribution is 0.399. The molecule has 1 aromatic heterocycles. The number of thiophene rings is 1. The van der Waals surface area contributed by atoms with Crippen molar-refractivity contribution < 1.29 is 5.11 Å². The van der Waals surface area contributed by atoms with Gasteiger partial charge in [-0.2, -0.15) is 0 Å². The third-order valence-corrected chi connectivity index (χ3v) is 4.35. The molecule has 1 aliphatic rings. The molecule has 0 aromatic carbocycles. The first kappa shape index (κ1) is 16.3. The Morgan fingerprint density at radius 2 is 1.71 bits per heavy atom. The van der Waals surface area contributed by atoms with Crippen LogP contribution in [0, 0.1) is 10.8 Å². The molecule has 1 aromatic rings. The highest BCUT2D eigenvalue weighted by atomic mass is 32.1. The molecule has 0 fully saturated rings. The van der Waals surface area contributed by atoms with Gasteiger partial charge >= 0.3 is 0 Å². The van der Waals surface area contributed by atoms with E-state index in [9.17, 15) is 5.11 Å². The van der Waals surface area contributed by atoms with E-state index < -0.39 is 0 Å². The van der Waals surface area contributed by atoms with Crippen LogP contribution in [0.3, 0.4) is 0 Å². The van der Waals surface area contributed by atoms with E-state index in [0.717, 1.165) is 18.4 Å². The molecule has 0 radical (unpaired) electrons. The maximum absolute atomic E-state index is 10.3. The van der Waals surface area contributed by atoms with Crippen LogP contribution in [0.5, 0.6) is 5.06 Å². The SMILES string of the molecule is CC(C)(C)CC1=CC=NC1c1cc(CC(C)(C)C)sc1O. The van der Waals surface area contributed by atoms with E-state index in [-0.39, 0.29) is 16.9 Å². The van der Waals surface area contributed by atoms with Crippen molar-refractivity contribution in [3.63, 3.8) is 0 Å². The second kappa shape index (κ2) is 5.60. The molecule has 0 spiro atoms. The third kappa shape index (κ3) is 4.44. The van der Waals surface area contributed by atoms with Crippen molar-refractivity contribution >= 4 is 17.6 Å². The molecule has 0 amide bonds. The molecule has 1 aliphatic heterocycles. The van der Waals surface area contributed by atoms with Gasteiger partial charge < -0.3 is 5.11 Å². The molecule has 21 heavy (non-hydrogen) atoms. The fraction of sp³-hybridized carbons (Fsp3) is 0.611. The van der Waals surface area contributed by atoms with Crippen molar-refractivity contribution in [2.75, 3.05) is 0 Å². The van der Waals surface area contributed by atoms with E-state index in [1.807, 2.05) is 6.21 Å². The van der Waals surface area contributed by atoms with Crippen LogP contribution in [-0.4, -0.2) is 11.3 Å². The zero-order chi connectivity index (χ0) is 15.8. The average Bonchev–Trinajstić information content (AvgIpc) is 2.80. The summed E-state index contributed by atoms with van der Waals surface area (Å²) in [6.07, 6.45) is 5.98. The van der Waals surface area contributed by atoms with Crippen molar-refractivity contribution in [3.05, 3.63) is 28.2 Å². The Bertz CT molecular complexity index is 567. The lowest BCUT2D eigenvalue weighted by Crippen LogP contribution is -2.09.